The van der Waals surface area contributed by atoms with E-state index in [4.69, 9.17) is 17.3 Å². The van der Waals surface area contributed by atoms with Crippen LogP contribution < -0.4 is 11.3 Å². The number of H-pyrrole nitrogens is 1. The van der Waals surface area contributed by atoms with Crippen molar-refractivity contribution in [3.05, 3.63) is 64.3 Å². The van der Waals surface area contributed by atoms with Crippen molar-refractivity contribution in [3.8, 4) is 17.1 Å². The van der Waals surface area contributed by atoms with Crippen LogP contribution in [0.15, 0.2) is 53.7 Å². The Morgan fingerprint density at radius 2 is 2.08 bits per heavy atom. The summed E-state index contributed by atoms with van der Waals surface area (Å²) >= 11 is 6.30. The summed E-state index contributed by atoms with van der Waals surface area (Å²) in [6.07, 6.45) is 4.73. The summed E-state index contributed by atoms with van der Waals surface area (Å²) in [6, 6.07) is 8.47. The summed E-state index contributed by atoms with van der Waals surface area (Å²) < 4.78 is 1.40. The molecule has 4 aromatic rings. The van der Waals surface area contributed by atoms with E-state index in [1.54, 1.807) is 30.6 Å². The molecule has 1 aromatic carbocycles. The third-order valence-corrected chi connectivity index (χ3v) is 3.90. The average Bonchev–Trinajstić information content (AvgIpc) is 3.04. The van der Waals surface area contributed by atoms with Gasteiger partial charge >= 0.3 is 0 Å². The lowest BCUT2D eigenvalue weighted by molar-refractivity contribution is 0.933. The predicted molar refractivity (Wildman–Crippen MR) is 92.1 cm³/mol. The highest BCUT2D eigenvalue weighted by Crippen LogP contribution is 2.30. The van der Waals surface area contributed by atoms with E-state index in [1.165, 1.54) is 16.8 Å². The van der Waals surface area contributed by atoms with Gasteiger partial charge < -0.3 is 5.73 Å². The lowest BCUT2D eigenvalue weighted by atomic mass is 10.1. The van der Waals surface area contributed by atoms with Crippen LogP contribution in [-0.4, -0.2) is 24.7 Å². The zero-order valence-corrected chi connectivity index (χ0v) is 13.0. The maximum Gasteiger partial charge on any atom is 0.256 e. The molecule has 0 spiro atoms. The Labute approximate surface area is 140 Å². The SMILES string of the molecule is Nc1cnc(-c2cc(Cl)c3[nH]ncc3c2)c(-n2ccccc2=O)n1. The highest BCUT2D eigenvalue weighted by Gasteiger charge is 2.14. The standard InChI is InChI=1S/C16H11ClN6O/c17-11-6-9(5-10-7-20-22-14(10)11)15-16(21-12(18)8-19-15)23-4-2-1-3-13(23)24/h1-8H,(H2,18,21)(H,20,22). The molecule has 7 nitrogen and oxygen atoms in total. The summed E-state index contributed by atoms with van der Waals surface area (Å²) in [4.78, 5) is 20.8. The Morgan fingerprint density at radius 1 is 1.21 bits per heavy atom. The van der Waals surface area contributed by atoms with Crippen molar-refractivity contribution < 1.29 is 0 Å². The molecular weight excluding hydrogens is 328 g/mol. The smallest absolute Gasteiger partial charge is 0.256 e. The molecule has 8 heteroatoms. The van der Waals surface area contributed by atoms with Crippen molar-refractivity contribution in [2.75, 3.05) is 5.73 Å². The summed E-state index contributed by atoms with van der Waals surface area (Å²) in [6.45, 7) is 0. The minimum absolute atomic E-state index is 0.222. The van der Waals surface area contributed by atoms with Gasteiger partial charge in [0.2, 0.25) is 0 Å². The van der Waals surface area contributed by atoms with Crippen LogP contribution in [-0.2, 0) is 0 Å². The number of hydrogen-bond acceptors (Lipinski definition) is 5. The van der Waals surface area contributed by atoms with Crippen LogP contribution in [0.1, 0.15) is 0 Å². The molecule has 0 aliphatic rings. The fourth-order valence-corrected chi connectivity index (χ4v) is 2.79. The second-order valence-corrected chi connectivity index (χ2v) is 5.58. The lowest BCUT2D eigenvalue weighted by Gasteiger charge is -2.11. The normalized spacial score (nSPS) is 11.0. The Bertz CT molecular complexity index is 1120. The van der Waals surface area contributed by atoms with Gasteiger partial charge in [-0.1, -0.05) is 17.7 Å². The maximum atomic E-state index is 12.2. The largest absolute Gasteiger partial charge is 0.382 e. The number of nitrogens with one attached hydrogen (secondary N) is 1. The number of nitrogens with two attached hydrogens (primary N) is 1. The summed E-state index contributed by atoms with van der Waals surface area (Å²) in [7, 11) is 0. The molecule has 4 rings (SSSR count). The zero-order valence-electron chi connectivity index (χ0n) is 12.3. The molecule has 3 aromatic heterocycles. The second kappa shape index (κ2) is 5.47. The number of rotatable bonds is 2. The number of aromatic nitrogens is 5. The molecule has 0 aliphatic carbocycles. The first-order chi connectivity index (χ1) is 11.6. The van der Waals surface area contributed by atoms with Gasteiger partial charge in [0.25, 0.3) is 5.56 Å². The lowest BCUT2D eigenvalue weighted by Crippen LogP contribution is -2.18. The molecule has 3 N–H and O–H groups in total. The Kier molecular flexibility index (Phi) is 3.28. The quantitative estimate of drug-likeness (QED) is 0.584. The molecule has 0 bridgehead atoms. The van der Waals surface area contributed by atoms with E-state index < -0.39 is 0 Å². The van der Waals surface area contributed by atoms with Gasteiger partial charge in [0.15, 0.2) is 5.82 Å². The third kappa shape index (κ3) is 2.31. The molecule has 0 amide bonds. The van der Waals surface area contributed by atoms with Crippen LogP contribution in [0.5, 0.6) is 0 Å². The average molecular weight is 339 g/mol. The summed E-state index contributed by atoms with van der Waals surface area (Å²) in [5.74, 6) is 0.569. The fourth-order valence-electron chi connectivity index (χ4n) is 2.52. The monoisotopic (exact) mass is 338 g/mol. The minimum atomic E-state index is -0.228. The number of anilines is 1. The Balaban J connectivity index is 2.01. The van der Waals surface area contributed by atoms with Gasteiger partial charge in [-0.05, 0) is 18.2 Å². The first-order valence-electron chi connectivity index (χ1n) is 7.07. The van der Waals surface area contributed by atoms with Crippen LogP contribution in [0, 0.1) is 0 Å². The Hall–Kier alpha value is -3.19. The van der Waals surface area contributed by atoms with Gasteiger partial charge in [0, 0.05) is 23.2 Å². The summed E-state index contributed by atoms with van der Waals surface area (Å²) in [5, 5.41) is 8.16. The van der Waals surface area contributed by atoms with Gasteiger partial charge in [-0.3, -0.25) is 14.5 Å². The number of pyridine rings is 1. The van der Waals surface area contributed by atoms with Gasteiger partial charge in [0.05, 0.1) is 22.9 Å². The summed E-state index contributed by atoms with van der Waals surface area (Å²) in [5.41, 5.74) is 7.49. The van der Waals surface area contributed by atoms with Gasteiger partial charge in [-0.25, -0.2) is 9.97 Å². The van der Waals surface area contributed by atoms with Crippen molar-refractivity contribution in [2.45, 2.75) is 0 Å². The van der Waals surface area contributed by atoms with Crippen molar-refractivity contribution >= 4 is 28.3 Å². The number of benzene rings is 1. The van der Waals surface area contributed by atoms with Gasteiger partial charge in [0.1, 0.15) is 11.5 Å². The zero-order chi connectivity index (χ0) is 16.7. The molecule has 0 aliphatic heterocycles. The van der Waals surface area contributed by atoms with Crippen LogP contribution in [0.2, 0.25) is 5.02 Å². The third-order valence-electron chi connectivity index (χ3n) is 3.60. The van der Waals surface area contributed by atoms with E-state index in [2.05, 4.69) is 20.2 Å². The first-order valence-corrected chi connectivity index (χ1v) is 7.45. The van der Waals surface area contributed by atoms with Crippen LogP contribution >= 0.6 is 11.6 Å². The molecular formula is C16H11ClN6O. The van der Waals surface area contributed by atoms with Gasteiger partial charge in [-0.15, -0.1) is 0 Å². The molecule has 0 unspecified atom stereocenters. The van der Waals surface area contributed by atoms with E-state index in [0.29, 0.717) is 22.1 Å². The van der Waals surface area contributed by atoms with Crippen LogP contribution in [0.25, 0.3) is 28.0 Å². The van der Waals surface area contributed by atoms with Crippen molar-refractivity contribution in [1.29, 1.82) is 0 Å². The predicted octanol–water partition coefficient (Wildman–Crippen LogP) is 2.41. The minimum Gasteiger partial charge on any atom is -0.382 e. The molecule has 0 atom stereocenters. The highest BCUT2D eigenvalue weighted by molar-refractivity contribution is 6.35. The fraction of sp³-hybridized carbons (Fsp3) is 0. The van der Waals surface area contributed by atoms with Crippen molar-refractivity contribution in [3.63, 3.8) is 0 Å². The number of fused-ring (bicyclic) bond motifs is 1. The molecule has 0 saturated heterocycles. The highest BCUT2D eigenvalue weighted by atomic mass is 35.5. The Morgan fingerprint density at radius 3 is 2.92 bits per heavy atom. The van der Waals surface area contributed by atoms with Crippen molar-refractivity contribution in [2.24, 2.45) is 0 Å². The number of hydrogen-bond donors (Lipinski definition) is 2. The maximum absolute atomic E-state index is 12.2. The second-order valence-electron chi connectivity index (χ2n) is 5.17. The molecule has 0 fully saturated rings. The van der Waals surface area contributed by atoms with E-state index in [9.17, 15) is 4.79 Å². The number of nitrogens with zero attached hydrogens (tertiary/aromatic N) is 4. The van der Waals surface area contributed by atoms with Crippen molar-refractivity contribution in [1.82, 2.24) is 24.7 Å². The van der Waals surface area contributed by atoms with Crippen LogP contribution in [0.4, 0.5) is 5.82 Å². The van der Waals surface area contributed by atoms with Crippen LogP contribution in [0.3, 0.4) is 0 Å². The molecule has 0 radical (unpaired) electrons. The number of aromatic amines is 1. The molecule has 3 heterocycles. The topological polar surface area (TPSA) is 102 Å². The molecule has 0 saturated carbocycles. The van der Waals surface area contributed by atoms with E-state index in [-0.39, 0.29) is 11.4 Å². The molecule has 24 heavy (non-hydrogen) atoms. The molecule has 118 valence electrons. The van der Waals surface area contributed by atoms with E-state index in [0.717, 1.165) is 10.9 Å². The van der Waals surface area contributed by atoms with E-state index in [1.807, 2.05) is 6.07 Å². The number of nitrogen functional groups attached to an aromatic ring is 1. The first kappa shape index (κ1) is 14.4. The number of halogens is 1. The van der Waals surface area contributed by atoms with E-state index >= 15 is 0 Å². The van der Waals surface area contributed by atoms with Gasteiger partial charge in [-0.2, -0.15) is 5.10 Å².